The van der Waals surface area contributed by atoms with Crippen molar-refractivity contribution < 1.29 is 4.92 Å². The standard InChI is InChI=1S/C26H23N3O2/c1-17-5-14-25-24(15-17)22-3-2-4-23(22)26(28-25)19-8-10-20(11-9-19)27-16-18-6-12-21(13-7-18)29(30)31/h2-3,5-16,22-23,26,28H,4H2,1H3/t22-,23-,26+/m1/s1. The highest BCUT2D eigenvalue weighted by molar-refractivity contribution is 5.82. The lowest BCUT2D eigenvalue weighted by molar-refractivity contribution is -0.384. The zero-order valence-corrected chi connectivity index (χ0v) is 17.2. The molecule has 0 unspecified atom stereocenters. The van der Waals surface area contributed by atoms with Crippen LogP contribution in [0.15, 0.2) is 83.9 Å². The Balaban J connectivity index is 1.35. The third-order valence-electron chi connectivity index (χ3n) is 6.24. The van der Waals surface area contributed by atoms with Gasteiger partial charge in [0, 0.05) is 30.0 Å². The topological polar surface area (TPSA) is 67.5 Å². The lowest BCUT2D eigenvalue weighted by atomic mass is 9.76. The van der Waals surface area contributed by atoms with E-state index < -0.39 is 4.92 Å². The molecule has 1 aliphatic heterocycles. The van der Waals surface area contributed by atoms with E-state index in [0.29, 0.717) is 11.8 Å². The van der Waals surface area contributed by atoms with Crippen LogP contribution in [0.4, 0.5) is 17.1 Å². The molecule has 0 amide bonds. The van der Waals surface area contributed by atoms with Crippen LogP contribution < -0.4 is 5.32 Å². The molecule has 0 spiro atoms. The molecule has 5 rings (SSSR count). The second-order valence-electron chi connectivity index (χ2n) is 8.26. The van der Waals surface area contributed by atoms with Crippen molar-refractivity contribution in [3.63, 3.8) is 0 Å². The fraction of sp³-hybridized carbons (Fsp3) is 0.192. The second-order valence-corrected chi connectivity index (χ2v) is 8.26. The molecule has 1 heterocycles. The van der Waals surface area contributed by atoms with Crippen molar-refractivity contribution in [1.29, 1.82) is 0 Å². The molecule has 5 heteroatoms. The fourth-order valence-corrected chi connectivity index (χ4v) is 4.64. The van der Waals surface area contributed by atoms with E-state index in [1.165, 1.54) is 34.5 Å². The largest absolute Gasteiger partial charge is 0.378 e. The molecule has 0 fully saturated rings. The van der Waals surface area contributed by atoms with Crippen LogP contribution in [-0.2, 0) is 0 Å². The van der Waals surface area contributed by atoms with E-state index in [-0.39, 0.29) is 11.7 Å². The Labute approximate surface area is 181 Å². The molecule has 3 atom stereocenters. The summed E-state index contributed by atoms with van der Waals surface area (Å²) in [7, 11) is 0. The van der Waals surface area contributed by atoms with E-state index in [0.717, 1.165) is 17.7 Å². The van der Waals surface area contributed by atoms with Gasteiger partial charge in [-0.3, -0.25) is 15.1 Å². The van der Waals surface area contributed by atoms with Crippen molar-refractivity contribution in [3.05, 3.63) is 111 Å². The summed E-state index contributed by atoms with van der Waals surface area (Å²) >= 11 is 0. The number of hydrogen-bond acceptors (Lipinski definition) is 4. The maximum Gasteiger partial charge on any atom is 0.269 e. The smallest absolute Gasteiger partial charge is 0.269 e. The van der Waals surface area contributed by atoms with Gasteiger partial charge in [0.05, 0.1) is 16.7 Å². The van der Waals surface area contributed by atoms with Crippen molar-refractivity contribution in [3.8, 4) is 0 Å². The number of aliphatic imine (C=N–C) groups is 1. The van der Waals surface area contributed by atoms with Gasteiger partial charge in [-0.15, -0.1) is 0 Å². The molecule has 0 radical (unpaired) electrons. The minimum Gasteiger partial charge on any atom is -0.378 e. The highest BCUT2D eigenvalue weighted by Crippen LogP contribution is 2.50. The van der Waals surface area contributed by atoms with Gasteiger partial charge >= 0.3 is 0 Å². The minimum atomic E-state index is -0.400. The molecule has 3 aromatic carbocycles. The Morgan fingerprint density at radius 1 is 1.06 bits per heavy atom. The van der Waals surface area contributed by atoms with Crippen LogP contribution in [0.2, 0.25) is 0 Å². The number of aryl methyl sites for hydroxylation is 1. The predicted molar refractivity (Wildman–Crippen MR) is 124 cm³/mol. The normalized spacial score (nSPS) is 21.5. The second kappa shape index (κ2) is 7.84. The number of nitro benzene ring substituents is 1. The molecular weight excluding hydrogens is 386 g/mol. The van der Waals surface area contributed by atoms with Crippen LogP contribution >= 0.6 is 0 Å². The summed E-state index contributed by atoms with van der Waals surface area (Å²) in [4.78, 5) is 14.9. The first-order valence-electron chi connectivity index (χ1n) is 10.5. The highest BCUT2D eigenvalue weighted by Gasteiger charge is 2.37. The number of nitrogens with one attached hydrogen (secondary N) is 1. The van der Waals surface area contributed by atoms with Gasteiger partial charge in [0.25, 0.3) is 5.69 Å². The zero-order chi connectivity index (χ0) is 21.4. The van der Waals surface area contributed by atoms with Crippen molar-refractivity contribution in [2.75, 3.05) is 5.32 Å². The van der Waals surface area contributed by atoms with E-state index >= 15 is 0 Å². The van der Waals surface area contributed by atoms with Crippen LogP contribution in [0.3, 0.4) is 0 Å². The van der Waals surface area contributed by atoms with Crippen molar-refractivity contribution in [1.82, 2.24) is 0 Å². The number of fused-ring (bicyclic) bond motifs is 3. The van der Waals surface area contributed by atoms with Crippen molar-refractivity contribution >= 4 is 23.3 Å². The highest BCUT2D eigenvalue weighted by atomic mass is 16.6. The molecule has 1 N–H and O–H groups in total. The third-order valence-corrected chi connectivity index (χ3v) is 6.24. The fourth-order valence-electron chi connectivity index (χ4n) is 4.64. The lowest BCUT2D eigenvalue weighted by Gasteiger charge is -2.37. The number of non-ortho nitro benzene ring substituents is 1. The van der Waals surface area contributed by atoms with E-state index in [1.807, 2.05) is 12.1 Å². The molecule has 2 aliphatic rings. The Morgan fingerprint density at radius 3 is 2.58 bits per heavy atom. The first-order chi connectivity index (χ1) is 15.1. The lowest BCUT2D eigenvalue weighted by Crippen LogP contribution is -2.29. The SMILES string of the molecule is Cc1ccc2c(c1)[C@@H]1C=CC[C@H]1[C@H](c1ccc(N=Cc3ccc([N+](=O)[O-])cc3)cc1)N2. The first kappa shape index (κ1) is 19.2. The number of nitro groups is 1. The number of hydrogen-bond donors (Lipinski definition) is 1. The monoisotopic (exact) mass is 409 g/mol. The van der Waals surface area contributed by atoms with Gasteiger partial charge in [0.15, 0.2) is 0 Å². The number of allylic oxidation sites excluding steroid dienone is 2. The van der Waals surface area contributed by atoms with Gasteiger partial charge in [-0.1, -0.05) is 42.0 Å². The summed E-state index contributed by atoms with van der Waals surface area (Å²) in [5.41, 5.74) is 6.96. The Kier molecular flexibility index (Phi) is 4.86. The van der Waals surface area contributed by atoms with Crippen LogP contribution in [0, 0.1) is 23.0 Å². The van der Waals surface area contributed by atoms with Crippen LogP contribution in [0.1, 0.15) is 40.6 Å². The van der Waals surface area contributed by atoms with Crippen LogP contribution in [-0.4, -0.2) is 11.1 Å². The quantitative estimate of drug-likeness (QED) is 0.232. The van der Waals surface area contributed by atoms with E-state index in [2.05, 4.69) is 59.7 Å². The average molecular weight is 409 g/mol. The summed E-state index contributed by atoms with van der Waals surface area (Å²) in [5.74, 6) is 0.977. The van der Waals surface area contributed by atoms with Crippen molar-refractivity contribution in [2.24, 2.45) is 10.9 Å². The van der Waals surface area contributed by atoms with Gasteiger partial charge in [-0.05, 0) is 66.3 Å². The Hall–Kier alpha value is -3.73. The summed E-state index contributed by atoms with van der Waals surface area (Å²) in [5, 5.41) is 14.5. The first-order valence-corrected chi connectivity index (χ1v) is 10.5. The Morgan fingerprint density at radius 2 is 1.84 bits per heavy atom. The molecule has 0 saturated carbocycles. The molecule has 3 aromatic rings. The van der Waals surface area contributed by atoms with Gasteiger partial charge in [-0.25, -0.2) is 0 Å². The maximum atomic E-state index is 10.8. The molecule has 5 nitrogen and oxygen atoms in total. The average Bonchev–Trinajstić information content (AvgIpc) is 3.28. The molecular formula is C26H23N3O2. The van der Waals surface area contributed by atoms with E-state index in [4.69, 9.17) is 0 Å². The molecule has 1 aliphatic carbocycles. The summed E-state index contributed by atoms with van der Waals surface area (Å²) in [6, 6.07) is 21.7. The minimum absolute atomic E-state index is 0.0814. The van der Waals surface area contributed by atoms with Crippen molar-refractivity contribution in [2.45, 2.75) is 25.3 Å². The van der Waals surface area contributed by atoms with Gasteiger partial charge in [-0.2, -0.15) is 0 Å². The summed E-state index contributed by atoms with van der Waals surface area (Å²) in [6.45, 7) is 2.15. The summed E-state index contributed by atoms with van der Waals surface area (Å²) in [6.07, 6.45) is 7.48. The predicted octanol–water partition coefficient (Wildman–Crippen LogP) is 6.48. The van der Waals surface area contributed by atoms with Crippen LogP contribution in [0.5, 0.6) is 0 Å². The molecule has 0 bridgehead atoms. The third kappa shape index (κ3) is 3.75. The zero-order valence-electron chi connectivity index (χ0n) is 17.2. The number of nitrogens with zero attached hydrogens (tertiary/aromatic N) is 2. The maximum absolute atomic E-state index is 10.8. The van der Waals surface area contributed by atoms with E-state index in [9.17, 15) is 10.1 Å². The Bertz CT molecular complexity index is 1180. The molecule has 154 valence electrons. The molecule has 0 saturated heterocycles. The number of anilines is 1. The summed E-state index contributed by atoms with van der Waals surface area (Å²) < 4.78 is 0. The van der Waals surface area contributed by atoms with Gasteiger partial charge in [0.1, 0.15) is 0 Å². The number of benzene rings is 3. The molecule has 31 heavy (non-hydrogen) atoms. The van der Waals surface area contributed by atoms with Gasteiger partial charge < -0.3 is 5.32 Å². The number of rotatable bonds is 4. The molecule has 0 aromatic heterocycles. The van der Waals surface area contributed by atoms with Gasteiger partial charge in [0.2, 0.25) is 0 Å². The van der Waals surface area contributed by atoms with Crippen LogP contribution in [0.25, 0.3) is 0 Å². The van der Waals surface area contributed by atoms with E-state index in [1.54, 1.807) is 18.3 Å².